The molecule has 6 nitrogen and oxygen atoms in total. The van der Waals surface area contributed by atoms with Crippen molar-refractivity contribution in [2.75, 3.05) is 5.32 Å². The number of hydrogen-bond donors (Lipinski definition) is 2. The molecule has 0 radical (unpaired) electrons. The van der Waals surface area contributed by atoms with Gasteiger partial charge in [-0.25, -0.2) is 4.98 Å². The van der Waals surface area contributed by atoms with Crippen molar-refractivity contribution in [3.8, 4) is 22.6 Å². The quantitative estimate of drug-likeness (QED) is 0.445. The highest BCUT2D eigenvalue weighted by atomic mass is 32.1. The maximum atomic E-state index is 12.6. The fraction of sp³-hybridized carbons (Fsp3) is 0.143. The summed E-state index contributed by atoms with van der Waals surface area (Å²) in [5.74, 6) is 0.465. The van der Waals surface area contributed by atoms with Crippen LogP contribution in [0.3, 0.4) is 0 Å². The van der Waals surface area contributed by atoms with Gasteiger partial charge in [0.05, 0.1) is 10.7 Å². The van der Waals surface area contributed by atoms with Gasteiger partial charge in [-0.2, -0.15) is 5.10 Å². The first-order chi connectivity index (χ1) is 14.0. The molecular weight excluding hydrogens is 402 g/mol. The van der Waals surface area contributed by atoms with Crippen LogP contribution < -0.4 is 5.32 Å². The summed E-state index contributed by atoms with van der Waals surface area (Å²) in [6.45, 7) is 4.08. The van der Waals surface area contributed by atoms with Gasteiger partial charge in [0.25, 0.3) is 0 Å². The number of benzene rings is 2. The Kier molecular flexibility index (Phi) is 5.37. The van der Waals surface area contributed by atoms with E-state index in [0.717, 1.165) is 33.1 Å². The van der Waals surface area contributed by atoms with Crippen molar-refractivity contribution in [1.29, 1.82) is 0 Å². The number of anilines is 1. The molecule has 2 aromatic carbocycles. The minimum atomic E-state index is -0.173. The van der Waals surface area contributed by atoms with Crippen LogP contribution in [0, 0.1) is 18.6 Å². The Balaban J connectivity index is 1.48. The van der Waals surface area contributed by atoms with Crippen LogP contribution in [-0.2, 0) is 11.3 Å². The summed E-state index contributed by atoms with van der Waals surface area (Å²) in [6.07, 6.45) is 0. The fourth-order valence-electron chi connectivity index (χ4n) is 2.95. The second-order valence-electron chi connectivity index (χ2n) is 6.68. The normalized spacial score (nSPS) is 10.8. The van der Waals surface area contributed by atoms with Gasteiger partial charge < -0.3 is 5.32 Å². The summed E-state index contributed by atoms with van der Waals surface area (Å²) >= 11 is 6.93. The van der Waals surface area contributed by atoms with E-state index in [9.17, 15) is 4.79 Å². The number of carbonyl (C=O) groups excluding carboxylic acids is 1. The van der Waals surface area contributed by atoms with Gasteiger partial charge in [-0.05, 0) is 38.2 Å². The molecule has 0 fully saturated rings. The van der Waals surface area contributed by atoms with E-state index in [1.807, 2.05) is 67.8 Å². The third-order valence-corrected chi connectivity index (χ3v) is 5.54. The first-order valence-electron chi connectivity index (χ1n) is 9.04. The third kappa shape index (κ3) is 4.33. The van der Waals surface area contributed by atoms with E-state index >= 15 is 0 Å². The Morgan fingerprint density at radius 3 is 2.45 bits per heavy atom. The number of carbonyl (C=O) groups is 1. The van der Waals surface area contributed by atoms with E-state index in [0.29, 0.717) is 10.6 Å². The second kappa shape index (κ2) is 8.10. The van der Waals surface area contributed by atoms with Crippen LogP contribution in [0.25, 0.3) is 22.6 Å². The van der Waals surface area contributed by atoms with Gasteiger partial charge in [0.2, 0.25) is 5.91 Å². The van der Waals surface area contributed by atoms with Crippen molar-refractivity contribution in [1.82, 2.24) is 19.7 Å². The number of thiazole rings is 1. The van der Waals surface area contributed by atoms with Gasteiger partial charge in [-0.15, -0.1) is 11.3 Å². The number of amides is 1. The van der Waals surface area contributed by atoms with E-state index in [1.165, 1.54) is 0 Å². The smallest absolute Gasteiger partial charge is 0.244 e. The van der Waals surface area contributed by atoms with Gasteiger partial charge >= 0.3 is 0 Å². The number of hydrogen-bond acceptors (Lipinski definition) is 5. The summed E-state index contributed by atoms with van der Waals surface area (Å²) in [6, 6.07) is 15.6. The Bertz CT molecular complexity index is 1200. The molecule has 4 rings (SSSR count). The van der Waals surface area contributed by atoms with Crippen molar-refractivity contribution in [3.63, 3.8) is 0 Å². The van der Waals surface area contributed by atoms with Crippen LogP contribution in [0.4, 0.5) is 5.69 Å². The van der Waals surface area contributed by atoms with E-state index < -0.39 is 0 Å². The van der Waals surface area contributed by atoms with Gasteiger partial charge in [0.15, 0.2) is 10.6 Å². The first-order valence-corrected chi connectivity index (χ1v) is 10.3. The summed E-state index contributed by atoms with van der Waals surface area (Å²) in [5, 5.41) is 13.0. The molecule has 2 N–H and O–H groups in total. The highest BCUT2D eigenvalue weighted by molar-refractivity contribution is 7.71. The van der Waals surface area contributed by atoms with Crippen molar-refractivity contribution < 1.29 is 4.79 Å². The van der Waals surface area contributed by atoms with E-state index in [2.05, 4.69) is 20.5 Å². The van der Waals surface area contributed by atoms with Crippen LogP contribution in [0.15, 0.2) is 53.9 Å². The average molecular weight is 422 g/mol. The minimum Gasteiger partial charge on any atom is -0.325 e. The summed E-state index contributed by atoms with van der Waals surface area (Å²) in [5.41, 5.74) is 4.74. The molecule has 0 bridgehead atoms. The maximum absolute atomic E-state index is 12.6. The zero-order valence-electron chi connectivity index (χ0n) is 16.0. The first kappa shape index (κ1) is 19.2. The van der Waals surface area contributed by atoms with Gasteiger partial charge in [0, 0.05) is 22.2 Å². The molecule has 0 atom stereocenters. The number of aromatic amines is 1. The molecule has 0 aliphatic heterocycles. The predicted molar refractivity (Wildman–Crippen MR) is 119 cm³/mol. The molecule has 0 spiro atoms. The topological polar surface area (TPSA) is 75.6 Å². The zero-order valence-corrected chi connectivity index (χ0v) is 17.6. The van der Waals surface area contributed by atoms with E-state index in [1.54, 1.807) is 15.9 Å². The largest absolute Gasteiger partial charge is 0.325 e. The maximum Gasteiger partial charge on any atom is 0.244 e. The lowest BCUT2D eigenvalue weighted by Crippen LogP contribution is -2.19. The standard InChI is InChI=1S/C21H19N5OS2/c1-13-3-5-16(6-4-13)20-24-25-21(28)26(20)11-19(27)23-17-9-7-15(8-10-17)18-12-29-14(2)22-18/h3-10,12H,11H2,1-2H3,(H,23,27)(H,25,28). The molecule has 2 heterocycles. The molecule has 2 aromatic heterocycles. The highest BCUT2D eigenvalue weighted by Crippen LogP contribution is 2.23. The lowest BCUT2D eigenvalue weighted by molar-refractivity contribution is -0.116. The monoisotopic (exact) mass is 421 g/mol. The molecule has 0 aliphatic rings. The lowest BCUT2D eigenvalue weighted by Gasteiger charge is -2.09. The molecule has 0 aliphatic carbocycles. The van der Waals surface area contributed by atoms with Crippen molar-refractivity contribution in [2.24, 2.45) is 0 Å². The number of nitrogens with one attached hydrogen (secondary N) is 2. The Morgan fingerprint density at radius 2 is 1.79 bits per heavy atom. The molecular formula is C21H19N5OS2. The number of aromatic nitrogens is 4. The Labute approximate surface area is 177 Å². The molecule has 29 heavy (non-hydrogen) atoms. The Morgan fingerprint density at radius 1 is 1.10 bits per heavy atom. The van der Waals surface area contributed by atoms with Crippen LogP contribution in [0.5, 0.6) is 0 Å². The third-order valence-electron chi connectivity index (χ3n) is 4.45. The SMILES string of the molecule is Cc1ccc(-c2n[nH]c(=S)n2CC(=O)Nc2ccc(-c3csc(C)n3)cc2)cc1. The molecule has 0 saturated heterocycles. The molecule has 146 valence electrons. The fourth-order valence-corrected chi connectivity index (χ4v) is 3.77. The minimum absolute atomic E-state index is 0.0750. The van der Waals surface area contributed by atoms with Gasteiger partial charge in [0.1, 0.15) is 6.54 Å². The van der Waals surface area contributed by atoms with Gasteiger partial charge in [-0.1, -0.05) is 42.0 Å². The number of rotatable bonds is 5. The van der Waals surface area contributed by atoms with Crippen molar-refractivity contribution in [3.05, 3.63) is 69.3 Å². The van der Waals surface area contributed by atoms with E-state index in [4.69, 9.17) is 12.2 Å². The summed E-state index contributed by atoms with van der Waals surface area (Å²) in [4.78, 5) is 17.1. The number of H-pyrrole nitrogens is 1. The molecule has 1 amide bonds. The van der Waals surface area contributed by atoms with Crippen LogP contribution in [0.1, 0.15) is 10.6 Å². The summed E-state index contributed by atoms with van der Waals surface area (Å²) in [7, 11) is 0. The predicted octanol–water partition coefficient (Wildman–Crippen LogP) is 4.99. The van der Waals surface area contributed by atoms with Crippen LogP contribution in [-0.4, -0.2) is 25.7 Å². The number of nitrogens with zero attached hydrogens (tertiary/aromatic N) is 3. The lowest BCUT2D eigenvalue weighted by atomic mass is 10.1. The Hall–Kier alpha value is -3.10. The highest BCUT2D eigenvalue weighted by Gasteiger charge is 2.13. The average Bonchev–Trinajstić information content (AvgIpc) is 3.29. The van der Waals surface area contributed by atoms with E-state index in [-0.39, 0.29) is 12.5 Å². The van der Waals surface area contributed by atoms with Gasteiger partial charge in [-0.3, -0.25) is 14.5 Å². The molecule has 4 aromatic rings. The van der Waals surface area contributed by atoms with Crippen molar-refractivity contribution >= 4 is 35.1 Å². The van der Waals surface area contributed by atoms with Crippen molar-refractivity contribution in [2.45, 2.75) is 20.4 Å². The molecule has 0 saturated carbocycles. The zero-order chi connectivity index (χ0) is 20.4. The number of aryl methyl sites for hydroxylation is 2. The molecule has 0 unspecified atom stereocenters. The summed E-state index contributed by atoms with van der Waals surface area (Å²) < 4.78 is 2.10. The molecule has 8 heteroatoms. The van der Waals surface area contributed by atoms with Crippen LogP contribution >= 0.6 is 23.6 Å². The second-order valence-corrected chi connectivity index (χ2v) is 8.13. The van der Waals surface area contributed by atoms with Crippen LogP contribution in [0.2, 0.25) is 0 Å².